The summed E-state index contributed by atoms with van der Waals surface area (Å²) in [6.45, 7) is 11.0. The van der Waals surface area contributed by atoms with Crippen LogP contribution in [0.4, 0.5) is 0 Å². The Labute approximate surface area is 156 Å². The smallest absolute Gasteiger partial charge is 0.191 e. The molecule has 1 aromatic heterocycles. The van der Waals surface area contributed by atoms with Gasteiger partial charge in [0, 0.05) is 30.6 Å². The SMILES string of the molecule is CN=C(NCC(C)c1c(C)noc1C)NC(C)c1cc(C)ccc1OC. The van der Waals surface area contributed by atoms with Crippen molar-refractivity contribution in [3.63, 3.8) is 0 Å². The summed E-state index contributed by atoms with van der Waals surface area (Å²) < 4.78 is 10.8. The van der Waals surface area contributed by atoms with Crippen molar-refractivity contribution in [2.45, 2.75) is 46.6 Å². The highest BCUT2D eigenvalue weighted by molar-refractivity contribution is 5.80. The molecular formula is C20H30N4O2. The zero-order chi connectivity index (χ0) is 19.3. The maximum atomic E-state index is 5.49. The quantitative estimate of drug-likeness (QED) is 0.609. The molecule has 0 aliphatic carbocycles. The van der Waals surface area contributed by atoms with Gasteiger partial charge in [-0.3, -0.25) is 4.99 Å². The lowest BCUT2D eigenvalue weighted by atomic mass is 10.00. The molecule has 0 radical (unpaired) electrons. The predicted octanol–water partition coefficient (Wildman–Crippen LogP) is 3.64. The molecule has 0 saturated carbocycles. The fourth-order valence-electron chi connectivity index (χ4n) is 3.22. The van der Waals surface area contributed by atoms with E-state index in [1.165, 1.54) is 5.56 Å². The van der Waals surface area contributed by atoms with E-state index in [2.05, 4.69) is 47.6 Å². The molecule has 2 rings (SSSR count). The Morgan fingerprint density at radius 2 is 2.00 bits per heavy atom. The molecule has 2 unspecified atom stereocenters. The number of methoxy groups -OCH3 is 1. The summed E-state index contributed by atoms with van der Waals surface area (Å²) in [5.41, 5.74) is 4.40. The standard InChI is InChI=1S/C20H30N4O2/c1-12-8-9-18(25-7)17(10-12)14(3)23-20(21-6)22-11-13(2)19-15(4)24-26-16(19)5/h8-10,13-14H,11H2,1-7H3,(H2,21,22,23). The van der Waals surface area contributed by atoms with E-state index in [-0.39, 0.29) is 12.0 Å². The maximum Gasteiger partial charge on any atom is 0.191 e. The Hall–Kier alpha value is -2.50. The van der Waals surface area contributed by atoms with Crippen molar-refractivity contribution in [2.24, 2.45) is 4.99 Å². The molecule has 0 aliphatic rings. The topological polar surface area (TPSA) is 71.7 Å². The lowest BCUT2D eigenvalue weighted by Crippen LogP contribution is -2.40. The molecule has 0 bridgehead atoms. The van der Waals surface area contributed by atoms with E-state index in [1.54, 1.807) is 14.2 Å². The highest BCUT2D eigenvalue weighted by Gasteiger charge is 2.18. The summed E-state index contributed by atoms with van der Waals surface area (Å²) >= 11 is 0. The number of nitrogens with one attached hydrogen (secondary N) is 2. The highest BCUT2D eigenvalue weighted by atomic mass is 16.5. The van der Waals surface area contributed by atoms with Crippen LogP contribution < -0.4 is 15.4 Å². The Morgan fingerprint density at radius 1 is 1.27 bits per heavy atom. The number of guanidine groups is 1. The van der Waals surface area contributed by atoms with E-state index in [4.69, 9.17) is 9.26 Å². The summed E-state index contributed by atoms with van der Waals surface area (Å²) in [4.78, 5) is 4.34. The van der Waals surface area contributed by atoms with Crippen LogP contribution in [-0.2, 0) is 0 Å². The highest BCUT2D eigenvalue weighted by Crippen LogP contribution is 2.26. The number of rotatable bonds is 6. The molecule has 0 fully saturated rings. The fourth-order valence-corrected chi connectivity index (χ4v) is 3.22. The van der Waals surface area contributed by atoms with Gasteiger partial charge in [-0.15, -0.1) is 0 Å². The molecule has 142 valence electrons. The molecule has 26 heavy (non-hydrogen) atoms. The van der Waals surface area contributed by atoms with Crippen LogP contribution in [-0.4, -0.2) is 31.8 Å². The summed E-state index contributed by atoms with van der Waals surface area (Å²) in [6, 6.07) is 6.24. The van der Waals surface area contributed by atoms with E-state index in [0.29, 0.717) is 0 Å². The molecule has 2 aromatic rings. The van der Waals surface area contributed by atoms with Gasteiger partial charge in [-0.05, 0) is 33.8 Å². The van der Waals surface area contributed by atoms with E-state index in [1.807, 2.05) is 26.0 Å². The van der Waals surface area contributed by atoms with Crippen LogP contribution in [0.5, 0.6) is 5.75 Å². The number of hydrogen-bond donors (Lipinski definition) is 2. The van der Waals surface area contributed by atoms with Crippen molar-refractivity contribution >= 4 is 5.96 Å². The van der Waals surface area contributed by atoms with Gasteiger partial charge in [0.15, 0.2) is 5.96 Å². The Bertz CT molecular complexity index is 748. The molecular weight excluding hydrogens is 328 g/mol. The number of hydrogen-bond acceptors (Lipinski definition) is 4. The third-order valence-electron chi connectivity index (χ3n) is 4.59. The van der Waals surface area contributed by atoms with Gasteiger partial charge in [0.05, 0.1) is 18.8 Å². The van der Waals surface area contributed by atoms with E-state index >= 15 is 0 Å². The number of aromatic nitrogens is 1. The molecule has 0 amide bonds. The molecule has 1 aromatic carbocycles. The van der Waals surface area contributed by atoms with Crippen molar-refractivity contribution < 1.29 is 9.26 Å². The third kappa shape index (κ3) is 4.56. The second kappa shape index (κ2) is 8.74. The Balaban J connectivity index is 2.03. The van der Waals surface area contributed by atoms with Gasteiger partial charge in [0.2, 0.25) is 0 Å². The normalized spacial score (nSPS) is 14.0. The van der Waals surface area contributed by atoms with Crippen LogP contribution in [0.3, 0.4) is 0 Å². The summed E-state index contributed by atoms with van der Waals surface area (Å²) in [5, 5.41) is 10.9. The maximum absolute atomic E-state index is 5.49. The largest absolute Gasteiger partial charge is 0.496 e. The van der Waals surface area contributed by atoms with Crippen molar-refractivity contribution in [3.8, 4) is 5.75 Å². The molecule has 6 nitrogen and oxygen atoms in total. The fraction of sp³-hybridized carbons (Fsp3) is 0.500. The minimum Gasteiger partial charge on any atom is -0.496 e. The number of aliphatic imine (C=N–C) groups is 1. The van der Waals surface area contributed by atoms with Gasteiger partial charge >= 0.3 is 0 Å². The average molecular weight is 358 g/mol. The first-order valence-corrected chi connectivity index (χ1v) is 8.91. The number of aryl methyl sites for hydroxylation is 3. The van der Waals surface area contributed by atoms with Gasteiger partial charge in [0.1, 0.15) is 11.5 Å². The first-order valence-electron chi connectivity index (χ1n) is 8.91. The van der Waals surface area contributed by atoms with Crippen LogP contribution in [0.1, 0.15) is 54.0 Å². The Kier molecular flexibility index (Phi) is 6.66. The molecule has 0 aliphatic heterocycles. The van der Waals surface area contributed by atoms with Crippen LogP contribution in [0.2, 0.25) is 0 Å². The summed E-state index contributed by atoms with van der Waals surface area (Å²) in [5.74, 6) is 2.76. The molecule has 1 heterocycles. The zero-order valence-corrected chi connectivity index (χ0v) is 16.8. The van der Waals surface area contributed by atoms with Crippen LogP contribution in [0.25, 0.3) is 0 Å². The monoisotopic (exact) mass is 358 g/mol. The first kappa shape index (κ1) is 19.8. The van der Waals surface area contributed by atoms with Gasteiger partial charge < -0.3 is 19.9 Å². The van der Waals surface area contributed by atoms with Crippen LogP contribution in [0.15, 0.2) is 27.7 Å². The molecule has 6 heteroatoms. The van der Waals surface area contributed by atoms with Crippen LogP contribution >= 0.6 is 0 Å². The van der Waals surface area contributed by atoms with Crippen molar-refractivity contribution in [3.05, 3.63) is 46.3 Å². The van der Waals surface area contributed by atoms with Crippen molar-refractivity contribution in [2.75, 3.05) is 20.7 Å². The lowest BCUT2D eigenvalue weighted by molar-refractivity contribution is 0.391. The third-order valence-corrected chi connectivity index (χ3v) is 4.59. The van der Waals surface area contributed by atoms with Crippen molar-refractivity contribution in [1.82, 2.24) is 15.8 Å². The summed E-state index contributed by atoms with van der Waals surface area (Å²) in [6.07, 6.45) is 0. The van der Waals surface area contributed by atoms with Gasteiger partial charge in [0.25, 0.3) is 0 Å². The molecule has 2 N–H and O–H groups in total. The second-order valence-corrected chi connectivity index (χ2v) is 6.70. The van der Waals surface area contributed by atoms with Crippen LogP contribution in [0, 0.1) is 20.8 Å². The number of benzene rings is 1. The second-order valence-electron chi connectivity index (χ2n) is 6.70. The lowest BCUT2D eigenvalue weighted by Gasteiger charge is -2.22. The van der Waals surface area contributed by atoms with Gasteiger partial charge in [-0.1, -0.05) is 29.8 Å². The van der Waals surface area contributed by atoms with Gasteiger partial charge in [-0.2, -0.15) is 0 Å². The Morgan fingerprint density at radius 3 is 2.58 bits per heavy atom. The zero-order valence-electron chi connectivity index (χ0n) is 16.8. The molecule has 2 atom stereocenters. The molecule has 0 saturated heterocycles. The van der Waals surface area contributed by atoms with E-state index < -0.39 is 0 Å². The number of ether oxygens (including phenoxy) is 1. The van der Waals surface area contributed by atoms with Crippen molar-refractivity contribution in [1.29, 1.82) is 0 Å². The predicted molar refractivity (Wildman–Crippen MR) is 105 cm³/mol. The minimum atomic E-state index is 0.0606. The van der Waals surface area contributed by atoms with E-state index in [0.717, 1.165) is 40.8 Å². The minimum absolute atomic E-state index is 0.0606. The first-order chi connectivity index (χ1) is 12.4. The summed E-state index contributed by atoms with van der Waals surface area (Å²) in [7, 11) is 3.47. The average Bonchev–Trinajstić information content (AvgIpc) is 2.96. The molecule has 0 spiro atoms. The van der Waals surface area contributed by atoms with Gasteiger partial charge in [-0.25, -0.2) is 0 Å². The van der Waals surface area contributed by atoms with E-state index in [9.17, 15) is 0 Å². The number of nitrogens with zero attached hydrogens (tertiary/aromatic N) is 2.